The average molecular weight is 493 g/mol. The molecule has 10 rings (SSSR count). The molecule has 0 heteroatoms. The van der Waals surface area contributed by atoms with Gasteiger partial charge in [0.15, 0.2) is 0 Å². The summed E-state index contributed by atoms with van der Waals surface area (Å²) in [6.45, 7) is 0. The third-order valence-electron chi connectivity index (χ3n) is 9.63. The van der Waals surface area contributed by atoms with Crippen molar-refractivity contribution in [2.24, 2.45) is 0 Å². The summed E-state index contributed by atoms with van der Waals surface area (Å²) in [6.07, 6.45) is 3.07. The largest absolute Gasteiger partial charge is 0.0616 e. The van der Waals surface area contributed by atoms with E-state index in [9.17, 15) is 0 Å². The van der Waals surface area contributed by atoms with E-state index in [4.69, 9.17) is 0 Å². The van der Waals surface area contributed by atoms with Gasteiger partial charge in [0.2, 0.25) is 0 Å². The van der Waals surface area contributed by atoms with Crippen LogP contribution < -0.4 is 0 Å². The van der Waals surface area contributed by atoms with E-state index in [1.165, 1.54) is 82.4 Å². The van der Waals surface area contributed by atoms with Gasteiger partial charge in [-0.05, 0) is 137 Å². The zero-order chi connectivity index (χ0) is 25.2. The summed E-state index contributed by atoms with van der Waals surface area (Å²) in [5.74, 6) is 0. The predicted molar refractivity (Wildman–Crippen MR) is 164 cm³/mol. The van der Waals surface area contributed by atoms with Gasteiger partial charge in [-0.2, -0.15) is 0 Å². The fourth-order valence-electron chi connectivity index (χ4n) is 8.00. The van der Waals surface area contributed by atoms with Crippen molar-refractivity contribution in [2.45, 2.75) is 19.3 Å². The predicted octanol–water partition coefficient (Wildman–Crippen LogP) is 9.86. The van der Waals surface area contributed by atoms with Crippen LogP contribution in [0.5, 0.6) is 0 Å². The maximum atomic E-state index is 2.47. The lowest BCUT2D eigenvalue weighted by atomic mass is 9.86. The summed E-state index contributed by atoms with van der Waals surface area (Å²) in [6, 6.07) is 41.3. The van der Waals surface area contributed by atoms with E-state index in [1.54, 1.807) is 16.7 Å². The highest BCUT2D eigenvalue weighted by Gasteiger charge is 2.37. The van der Waals surface area contributed by atoms with Gasteiger partial charge in [0.25, 0.3) is 0 Å². The Bertz CT molecular complexity index is 1970. The van der Waals surface area contributed by atoms with Gasteiger partial charge in [-0.1, -0.05) is 91.0 Å². The summed E-state index contributed by atoms with van der Waals surface area (Å²) >= 11 is 0. The molecule has 0 aliphatic heterocycles. The Balaban J connectivity index is 1.34. The molecule has 3 aliphatic rings. The maximum absolute atomic E-state index is 2.47. The molecule has 0 unspecified atom stereocenters. The Morgan fingerprint density at radius 3 is 0.846 bits per heavy atom. The van der Waals surface area contributed by atoms with Crippen LogP contribution in [0.3, 0.4) is 0 Å². The van der Waals surface area contributed by atoms with Crippen molar-refractivity contribution in [1.29, 1.82) is 0 Å². The van der Waals surface area contributed by atoms with E-state index in [0.29, 0.717) is 0 Å². The minimum absolute atomic E-state index is 1.02. The Morgan fingerprint density at radius 2 is 0.564 bits per heavy atom. The summed E-state index contributed by atoms with van der Waals surface area (Å²) in [4.78, 5) is 0. The van der Waals surface area contributed by atoms with E-state index in [2.05, 4.69) is 109 Å². The molecule has 0 N–H and O–H groups in total. The lowest BCUT2D eigenvalue weighted by Crippen LogP contribution is -1.97. The van der Waals surface area contributed by atoms with E-state index in [-0.39, 0.29) is 0 Å². The molecule has 0 spiro atoms. The molecule has 0 heterocycles. The molecular formula is C39H24. The molecule has 0 amide bonds. The highest BCUT2D eigenvalue weighted by atomic mass is 14.4. The van der Waals surface area contributed by atoms with Crippen LogP contribution in [0.2, 0.25) is 0 Å². The zero-order valence-electron chi connectivity index (χ0n) is 21.5. The van der Waals surface area contributed by atoms with Crippen molar-refractivity contribution in [3.05, 3.63) is 143 Å². The molecule has 3 aliphatic carbocycles. The molecule has 180 valence electrons. The number of hydrogen-bond acceptors (Lipinski definition) is 0. The van der Waals surface area contributed by atoms with Crippen LogP contribution >= 0.6 is 0 Å². The highest BCUT2D eigenvalue weighted by molar-refractivity contribution is 6.05. The topological polar surface area (TPSA) is 0 Å². The summed E-state index contributed by atoms with van der Waals surface area (Å²) in [5.41, 5.74) is 18.0. The van der Waals surface area contributed by atoms with Crippen LogP contribution in [0.15, 0.2) is 109 Å². The Morgan fingerprint density at radius 1 is 0.308 bits per heavy atom. The maximum Gasteiger partial charge on any atom is -0.000684 e. The fourth-order valence-corrected chi connectivity index (χ4v) is 8.00. The van der Waals surface area contributed by atoms with Gasteiger partial charge in [0.05, 0.1) is 0 Å². The SMILES string of the molecule is c1ccc2cc3c(cc2c1)Cc1c-3c2c(c3c1-c1cc4ccccc4cc1C3)-c1cc3ccccc3cc1C2. The zero-order valence-corrected chi connectivity index (χ0v) is 21.5. The minimum Gasteiger partial charge on any atom is -0.0616 e. The first kappa shape index (κ1) is 20.3. The molecule has 0 saturated carbocycles. The van der Waals surface area contributed by atoms with Gasteiger partial charge in [0.1, 0.15) is 0 Å². The first-order valence-corrected chi connectivity index (χ1v) is 14.1. The van der Waals surface area contributed by atoms with Crippen LogP contribution in [-0.2, 0) is 19.3 Å². The number of fused-ring (bicyclic) bond motifs is 15. The molecule has 0 radical (unpaired) electrons. The minimum atomic E-state index is 1.02. The lowest BCUT2D eigenvalue weighted by molar-refractivity contribution is 1.21. The van der Waals surface area contributed by atoms with Gasteiger partial charge < -0.3 is 0 Å². The molecule has 0 saturated heterocycles. The molecule has 0 nitrogen and oxygen atoms in total. The number of rotatable bonds is 0. The quantitative estimate of drug-likeness (QED) is 0.198. The van der Waals surface area contributed by atoms with Crippen LogP contribution in [0.1, 0.15) is 33.4 Å². The van der Waals surface area contributed by atoms with Crippen molar-refractivity contribution < 1.29 is 0 Å². The molecule has 7 aromatic rings. The van der Waals surface area contributed by atoms with E-state index >= 15 is 0 Å². The fraction of sp³-hybridized carbons (Fsp3) is 0.0769. The summed E-state index contributed by atoms with van der Waals surface area (Å²) < 4.78 is 0. The Hall–Kier alpha value is -4.68. The van der Waals surface area contributed by atoms with Crippen LogP contribution in [-0.4, -0.2) is 0 Å². The van der Waals surface area contributed by atoms with Gasteiger partial charge in [0, 0.05) is 0 Å². The normalized spacial score (nSPS) is 13.8. The molecule has 0 aromatic heterocycles. The monoisotopic (exact) mass is 492 g/mol. The Labute approximate surface area is 227 Å². The second kappa shape index (κ2) is 7.04. The highest BCUT2D eigenvalue weighted by Crippen LogP contribution is 2.57. The van der Waals surface area contributed by atoms with Crippen molar-refractivity contribution in [2.75, 3.05) is 0 Å². The van der Waals surface area contributed by atoms with Crippen molar-refractivity contribution in [3.63, 3.8) is 0 Å². The second-order valence-electron chi connectivity index (χ2n) is 11.7. The third-order valence-corrected chi connectivity index (χ3v) is 9.63. The van der Waals surface area contributed by atoms with E-state index in [1.807, 2.05) is 0 Å². The van der Waals surface area contributed by atoms with Crippen LogP contribution in [0.25, 0.3) is 65.7 Å². The van der Waals surface area contributed by atoms with Crippen molar-refractivity contribution in [3.8, 4) is 33.4 Å². The molecule has 0 fully saturated rings. The molecular weight excluding hydrogens is 468 g/mol. The van der Waals surface area contributed by atoms with Gasteiger partial charge in [-0.25, -0.2) is 0 Å². The first-order chi connectivity index (χ1) is 19.3. The smallest absolute Gasteiger partial charge is 0.000684 e. The number of benzene rings is 7. The first-order valence-electron chi connectivity index (χ1n) is 14.1. The average Bonchev–Trinajstić information content (AvgIpc) is 3.63. The summed E-state index contributed by atoms with van der Waals surface area (Å²) in [5, 5.41) is 8.05. The molecule has 7 aromatic carbocycles. The van der Waals surface area contributed by atoms with Gasteiger partial charge in [-0.3, -0.25) is 0 Å². The molecule has 39 heavy (non-hydrogen) atoms. The molecule has 0 bridgehead atoms. The van der Waals surface area contributed by atoms with Gasteiger partial charge in [-0.15, -0.1) is 0 Å². The van der Waals surface area contributed by atoms with Crippen molar-refractivity contribution >= 4 is 32.3 Å². The Kier molecular flexibility index (Phi) is 3.66. The van der Waals surface area contributed by atoms with Crippen LogP contribution in [0, 0.1) is 0 Å². The second-order valence-corrected chi connectivity index (χ2v) is 11.7. The lowest BCUT2D eigenvalue weighted by Gasteiger charge is -2.17. The number of hydrogen-bond donors (Lipinski definition) is 0. The van der Waals surface area contributed by atoms with Gasteiger partial charge >= 0.3 is 0 Å². The standard InChI is InChI=1S/C39H24/c1-4-10-25-16-31-28(13-22(25)7-1)19-34-37(31)35-20-29-14-23-8-3-6-12-27(23)18-33(29)39(35)36-21-30-15-24-9-2-5-11-26(24)17-32(30)38(34)36/h1-18H,19-21H2. The van der Waals surface area contributed by atoms with Crippen molar-refractivity contribution in [1.82, 2.24) is 0 Å². The third kappa shape index (κ3) is 2.59. The summed E-state index contributed by atoms with van der Waals surface area (Å²) in [7, 11) is 0. The molecule has 0 atom stereocenters. The van der Waals surface area contributed by atoms with Crippen LogP contribution in [0.4, 0.5) is 0 Å². The van der Waals surface area contributed by atoms with E-state index < -0.39 is 0 Å². The van der Waals surface area contributed by atoms with E-state index in [0.717, 1.165) is 19.3 Å².